The van der Waals surface area contributed by atoms with E-state index in [1.165, 1.54) is 11.8 Å². The predicted octanol–water partition coefficient (Wildman–Crippen LogP) is 5.55. The first-order valence-electron chi connectivity index (χ1n) is 11.5. The Bertz CT molecular complexity index is 1380. The molecular formula is C27H24ClN3O5S. The molecule has 3 aromatic carbocycles. The number of nitrogens with zero attached hydrogens (tertiary/aromatic N) is 2. The number of nitrogens with one attached hydrogen (secondary N) is 1. The van der Waals surface area contributed by atoms with Gasteiger partial charge in [0.15, 0.2) is 16.7 Å². The molecule has 2 aliphatic rings. The Morgan fingerprint density at radius 2 is 1.92 bits per heavy atom. The SMILES string of the molecule is COc1ccc(N=C2SC(C(=O)Nc3ccc(C)c(Cl)c3)CC(=O)N2Cc2ccc3c(c2)OCO3)cc1. The first kappa shape index (κ1) is 25.0. The van der Waals surface area contributed by atoms with Crippen molar-refractivity contribution in [2.75, 3.05) is 19.2 Å². The van der Waals surface area contributed by atoms with Crippen molar-refractivity contribution in [1.29, 1.82) is 0 Å². The smallest absolute Gasteiger partial charge is 0.238 e. The zero-order chi connectivity index (χ0) is 25.9. The number of aryl methyl sites for hydroxylation is 1. The fourth-order valence-electron chi connectivity index (χ4n) is 3.88. The molecule has 10 heteroatoms. The number of benzene rings is 3. The van der Waals surface area contributed by atoms with Gasteiger partial charge in [0.05, 0.1) is 19.3 Å². The molecule has 1 saturated heterocycles. The summed E-state index contributed by atoms with van der Waals surface area (Å²) in [6.45, 7) is 2.34. The van der Waals surface area contributed by atoms with Gasteiger partial charge in [-0.25, -0.2) is 4.99 Å². The number of aliphatic imine (C=N–C) groups is 1. The summed E-state index contributed by atoms with van der Waals surface area (Å²) in [6.07, 6.45) is 0.0300. The molecule has 2 amide bonds. The highest BCUT2D eigenvalue weighted by Gasteiger charge is 2.36. The van der Waals surface area contributed by atoms with Gasteiger partial charge in [0.2, 0.25) is 18.6 Å². The van der Waals surface area contributed by atoms with Crippen molar-refractivity contribution < 1.29 is 23.8 Å². The first-order valence-corrected chi connectivity index (χ1v) is 12.8. The van der Waals surface area contributed by atoms with Crippen LogP contribution in [-0.2, 0) is 16.1 Å². The molecule has 1 fully saturated rings. The van der Waals surface area contributed by atoms with Crippen molar-refractivity contribution in [3.63, 3.8) is 0 Å². The number of amidine groups is 1. The monoisotopic (exact) mass is 537 g/mol. The summed E-state index contributed by atoms with van der Waals surface area (Å²) in [4.78, 5) is 32.8. The highest BCUT2D eigenvalue weighted by Crippen LogP contribution is 2.35. The lowest BCUT2D eigenvalue weighted by atomic mass is 10.1. The first-order chi connectivity index (χ1) is 17.9. The van der Waals surface area contributed by atoms with Crippen LogP contribution in [-0.4, -0.2) is 41.0 Å². The van der Waals surface area contributed by atoms with Crippen molar-refractivity contribution in [3.8, 4) is 17.2 Å². The molecule has 8 nitrogen and oxygen atoms in total. The molecule has 1 N–H and O–H groups in total. The zero-order valence-electron chi connectivity index (χ0n) is 20.2. The van der Waals surface area contributed by atoms with E-state index >= 15 is 0 Å². The van der Waals surface area contributed by atoms with E-state index in [9.17, 15) is 9.59 Å². The molecule has 0 aliphatic carbocycles. The third-order valence-electron chi connectivity index (χ3n) is 5.95. The van der Waals surface area contributed by atoms with E-state index in [0.717, 1.165) is 11.1 Å². The summed E-state index contributed by atoms with van der Waals surface area (Å²) in [5, 5.41) is 3.21. The number of hydrogen-bond donors (Lipinski definition) is 1. The minimum absolute atomic E-state index is 0.0300. The van der Waals surface area contributed by atoms with Crippen molar-refractivity contribution in [1.82, 2.24) is 4.90 Å². The lowest BCUT2D eigenvalue weighted by Crippen LogP contribution is -2.44. The van der Waals surface area contributed by atoms with Crippen LogP contribution in [0.5, 0.6) is 17.2 Å². The number of rotatable bonds is 6. The second-order valence-electron chi connectivity index (χ2n) is 8.52. The number of carbonyl (C=O) groups is 2. The Morgan fingerprint density at radius 1 is 1.14 bits per heavy atom. The molecule has 2 aliphatic heterocycles. The fraction of sp³-hybridized carbons (Fsp3) is 0.222. The molecule has 1 unspecified atom stereocenters. The predicted molar refractivity (Wildman–Crippen MR) is 144 cm³/mol. The summed E-state index contributed by atoms with van der Waals surface area (Å²) < 4.78 is 16.1. The molecule has 37 heavy (non-hydrogen) atoms. The van der Waals surface area contributed by atoms with Gasteiger partial charge in [-0.3, -0.25) is 14.5 Å². The number of halogens is 1. The maximum Gasteiger partial charge on any atom is 0.238 e. The Balaban J connectivity index is 1.40. The highest BCUT2D eigenvalue weighted by molar-refractivity contribution is 8.15. The van der Waals surface area contributed by atoms with Gasteiger partial charge in [0.25, 0.3) is 0 Å². The van der Waals surface area contributed by atoms with Crippen LogP contribution < -0.4 is 19.5 Å². The van der Waals surface area contributed by atoms with Gasteiger partial charge in [0, 0.05) is 17.1 Å². The van der Waals surface area contributed by atoms with E-state index in [4.69, 9.17) is 30.8 Å². The van der Waals surface area contributed by atoms with E-state index in [2.05, 4.69) is 5.32 Å². The summed E-state index contributed by atoms with van der Waals surface area (Å²) in [7, 11) is 1.59. The Morgan fingerprint density at radius 3 is 2.68 bits per heavy atom. The van der Waals surface area contributed by atoms with E-state index in [-0.39, 0.29) is 31.6 Å². The number of ether oxygens (including phenoxy) is 3. The minimum Gasteiger partial charge on any atom is -0.497 e. The van der Waals surface area contributed by atoms with Crippen molar-refractivity contribution in [2.45, 2.75) is 25.1 Å². The number of thioether (sulfide) groups is 1. The Labute approximate surface area is 223 Å². The van der Waals surface area contributed by atoms with Gasteiger partial charge in [-0.1, -0.05) is 35.5 Å². The largest absolute Gasteiger partial charge is 0.497 e. The number of hydrogen-bond acceptors (Lipinski definition) is 7. The third-order valence-corrected chi connectivity index (χ3v) is 7.54. The van der Waals surface area contributed by atoms with Crippen LogP contribution in [0.2, 0.25) is 5.02 Å². The van der Waals surface area contributed by atoms with Crippen LogP contribution in [0.4, 0.5) is 11.4 Å². The van der Waals surface area contributed by atoms with Gasteiger partial charge in [-0.2, -0.15) is 0 Å². The second-order valence-corrected chi connectivity index (χ2v) is 10.1. The zero-order valence-corrected chi connectivity index (χ0v) is 21.8. The Hall–Kier alpha value is -3.69. The summed E-state index contributed by atoms with van der Waals surface area (Å²) in [5.41, 5.74) is 2.98. The third kappa shape index (κ3) is 5.68. The average molecular weight is 538 g/mol. The standard InChI is InChI=1S/C27H24ClN3O5S/c1-16-3-5-19(12-21(16)28)29-26(33)24-13-25(32)31(14-17-4-10-22-23(11-17)36-15-35-22)27(37-24)30-18-6-8-20(34-2)9-7-18/h3-12,24H,13-15H2,1-2H3,(H,29,33). The normalized spacial score (nSPS) is 17.7. The summed E-state index contributed by atoms with van der Waals surface area (Å²) in [6, 6.07) is 18.1. The molecule has 3 aromatic rings. The fourth-order valence-corrected chi connectivity index (χ4v) is 5.16. The van der Waals surface area contributed by atoms with Crippen LogP contribution >= 0.6 is 23.4 Å². The van der Waals surface area contributed by atoms with E-state index in [1.807, 2.05) is 31.2 Å². The Kier molecular flexibility index (Phi) is 7.25. The van der Waals surface area contributed by atoms with Gasteiger partial charge in [-0.15, -0.1) is 0 Å². The maximum atomic E-state index is 13.4. The van der Waals surface area contributed by atoms with Gasteiger partial charge in [0.1, 0.15) is 11.0 Å². The number of fused-ring (bicyclic) bond motifs is 1. The molecule has 1 atom stereocenters. The summed E-state index contributed by atoms with van der Waals surface area (Å²) >= 11 is 7.46. The maximum absolute atomic E-state index is 13.4. The molecule has 0 saturated carbocycles. The molecule has 0 radical (unpaired) electrons. The molecule has 2 heterocycles. The van der Waals surface area contributed by atoms with Crippen molar-refractivity contribution in [2.24, 2.45) is 4.99 Å². The van der Waals surface area contributed by atoms with E-state index in [0.29, 0.717) is 38.8 Å². The van der Waals surface area contributed by atoms with E-state index in [1.54, 1.807) is 48.4 Å². The molecule has 0 aromatic heterocycles. The summed E-state index contributed by atoms with van der Waals surface area (Å²) in [5.74, 6) is 1.51. The van der Waals surface area contributed by atoms with Crippen LogP contribution in [0.1, 0.15) is 17.5 Å². The molecule has 190 valence electrons. The van der Waals surface area contributed by atoms with Crippen molar-refractivity contribution in [3.05, 3.63) is 76.8 Å². The van der Waals surface area contributed by atoms with Crippen LogP contribution in [0.15, 0.2) is 65.7 Å². The topological polar surface area (TPSA) is 89.5 Å². The molecule has 5 rings (SSSR count). The molecule has 0 spiro atoms. The van der Waals surface area contributed by atoms with Gasteiger partial charge < -0.3 is 19.5 Å². The van der Waals surface area contributed by atoms with Crippen LogP contribution in [0.25, 0.3) is 0 Å². The number of amides is 2. The second kappa shape index (κ2) is 10.7. The van der Waals surface area contributed by atoms with Gasteiger partial charge >= 0.3 is 0 Å². The lowest BCUT2D eigenvalue weighted by Gasteiger charge is -2.32. The van der Waals surface area contributed by atoms with Gasteiger partial charge in [-0.05, 0) is 66.6 Å². The van der Waals surface area contributed by atoms with E-state index < -0.39 is 5.25 Å². The molecule has 0 bridgehead atoms. The lowest BCUT2D eigenvalue weighted by molar-refractivity contribution is -0.129. The number of anilines is 1. The minimum atomic E-state index is -0.655. The molecular weight excluding hydrogens is 514 g/mol. The average Bonchev–Trinajstić information content (AvgIpc) is 3.36. The quantitative estimate of drug-likeness (QED) is 0.443. The van der Waals surface area contributed by atoms with Crippen molar-refractivity contribution >= 4 is 51.7 Å². The highest BCUT2D eigenvalue weighted by atomic mass is 35.5. The number of carbonyl (C=O) groups excluding carboxylic acids is 2. The number of methoxy groups -OCH3 is 1. The van der Waals surface area contributed by atoms with Crippen LogP contribution in [0.3, 0.4) is 0 Å². The van der Waals surface area contributed by atoms with Crippen LogP contribution in [0, 0.1) is 6.92 Å².